The van der Waals surface area contributed by atoms with Crippen molar-refractivity contribution in [2.45, 2.75) is 19.4 Å². The molecule has 1 aliphatic rings. The second kappa shape index (κ2) is 6.29. The van der Waals surface area contributed by atoms with Crippen LogP contribution < -0.4 is 11.2 Å². The van der Waals surface area contributed by atoms with Crippen LogP contribution in [-0.2, 0) is 6.54 Å². The molecule has 0 aliphatic carbocycles. The van der Waals surface area contributed by atoms with Gasteiger partial charge in [0.1, 0.15) is 5.82 Å². The number of benzene rings is 1. The van der Waals surface area contributed by atoms with Crippen LogP contribution in [0.5, 0.6) is 0 Å². The second-order valence-corrected chi connectivity index (χ2v) is 4.56. The van der Waals surface area contributed by atoms with E-state index in [0.717, 1.165) is 24.2 Å². The molecule has 1 aromatic rings. The van der Waals surface area contributed by atoms with E-state index in [1.165, 1.54) is 31.2 Å². The molecule has 19 heavy (non-hydrogen) atoms. The minimum absolute atomic E-state index is 0.269. The van der Waals surface area contributed by atoms with Gasteiger partial charge in [0.25, 0.3) is 0 Å². The Bertz CT molecular complexity index is 484. The number of nitrogens with zero attached hydrogens (tertiary/aromatic N) is 2. The highest BCUT2D eigenvalue weighted by atomic mass is 19.1. The highest BCUT2D eigenvalue weighted by Crippen LogP contribution is 2.16. The van der Waals surface area contributed by atoms with Crippen LogP contribution >= 0.6 is 0 Å². The molecule has 0 aromatic heterocycles. The zero-order chi connectivity index (χ0) is 13.7. The van der Waals surface area contributed by atoms with Gasteiger partial charge >= 0.3 is 6.03 Å². The highest BCUT2D eigenvalue weighted by Gasteiger charge is 2.13. The average Bonchev–Trinajstić information content (AvgIpc) is 2.84. The molecule has 5 nitrogen and oxygen atoms in total. The number of primary amides is 1. The Balaban J connectivity index is 2.12. The standard InChI is InChI=1S/C13H17FN4O/c14-12-4-3-10(8-16-17-13(15)19)11(7-12)9-18-5-1-2-6-18/h3-4,7-8H,1-2,5-6,9H2,(H3,15,17,19). The SMILES string of the molecule is NC(=O)NN=Cc1ccc(F)cc1CN1CCCC1. The zero-order valence-corrected chi connectivity index (χ0v) is 10.6. The molecular weight excluding hydrogens is 247 g/mol. The van der Waals surface area contributed by atoms with E-state index in [0.29, 0.717) is 6.54 Å². The number of nitrogens with one attached hydrogen (secondary N) is 1. The summed E-state index contributed by atoms with van der Waals surface area (Å²) >= 11 is 0. The molecular formula is C13H17FN4O. The summed E-state index contributed by atoms with van der Waals surface area (Å²) in [5.74, 6) is -0.269. The van der Waals surface area contributed by atoms with Gasteiger partial charge in [-0.3, -0.25) is 4.90 Å². The van der Waals surface area contributed by atoms with E-state index in [1.807, 2.05) is 0 Å². The lowest BCUT2D eigenvalue weighted by atomic mass is 10.1. The fourth-order valence-electron chi connectivity index (χ4n) is 2.18. The summed E-state index contributed by atoms with van der Waals surface area (Å²) in [7, 11) is 0. The van der Waals surface area contributed by atoms with E-state index in [4.69, 9.17) is 5.73 Å². The van der Waals surface area contributed by atoms with E-state index in [2.05, 4.69) is 15.4 Å². The third kappa shape index (κ3) is 4.03. The first kappa shape index (κ1) is 13.5. The fourth-order valence-corrected chi connectivity index (χ4v) is 2.18. The topological polar surface area (TPSA) is 70.7 Å². The van der Waals surface area contributed by atoms with E-state index < -0.39 is 6.03 Å². The van der Waals surface area contributed by atoms with Gasteiger partial charge in [0, 0.05) is 6.54 Å². The van der Waals surface area contributed by atoms with Crippen molar-refractivity contribution < 1.29 is 9.18 Å². The molecule has 0 unspecified atom stereocenters. The summed E-state index contributed by atoms with van der Waals surface area (Å²) in [6.07, 6.45) is 3.85. The molecule has 3 N–H and O–H groups in total. The van der Waals surface area contributed by atoms with Gasteiger partial charge in [0.05, 0.1) is 6.21 Å². The highest BCUT2D eigenvalue weighted by molar-refractivity contribution is 5.83. The number of hydrogen-bond donors (Lipinski definition) is 2. The predicted octanol–water partition coefficient (Wildman–Crippen LogP) is 1.42. The van der Waals surface area contributed by atoms with Gasteiger partial charge in [-0.2, -0.15) is 5.10 Å². The summed E-state index contributed by atoms with van der Waals surface area (Å²) in [5.41, 5.74) is 8.69. The van der Waals surface area contributed by atoms with Gasteiger partial charge in [-0.05, 0) is 49.2 Å². The number of halogens is 1. The van der Waals surface area contributed by atoms with Crippen molar-refractivity contribution in [1.29, 1.82) is 0 Å². The quantitative estimate of drug-likeness (QED) is 0.638. The lowest BCUT2D eigenvalue weighted by molar-refractivity contribution is 0.249. The molecule has 0 bridgehead atoms. The van der Waals surface area contributed by atoms with E-state index in [1.54, 1.807) is 6.07 Å². The summed E-state index contributed by atoms with van der Waals surface area (Å²) in [4.78, 5) is 12.8. The first-order valence-electron chi connectivity index (χ1n) is 6.24. The van der Waals surface area contributed by atoms with Crippen LogP contribution in [0.15, 0.2) is 23.3 Å². The lowest BCUT2D eigenvalue weighted by Crippen LogP contribution is -2.24. The molecule has 1 saturated heterocycles. The van der Waals surface area contributed by atoms with Crippen molar-refractivity contribution in [3.63, 3.8) is 0 Å². The number of rotatable bonds is 4. The maximum absolute atomic E-state index is 13.3. The molecule has 2 amide bonds. The van der Waals surface area contributed by atoms with Gasteiger partial charge in [-0.25, -0.2) is 14.6 Å². The molecule has 102 valence electrons. The van der Waals surface area contributed by atoms with E-state index in [9.17, 15) is 9.18 Å². The summed E-state index contributed by atoms with van der Waals surface area (Å²) in [6.45, 7) is 2.76. The third-order valence-corrected chi connectivity index (χ3v) is 3.08. The van der Waals surface area contributed by atoms with Gasteiger partial charge < -0.3 is 5.73 Å². The lowest BCUT2D eigenvalue weighted by Gasteiger charge is -2.16. The number of amides is 2. The molecule has 0 radical (unpaired) electrons. The van der Waals surface area contributed by atoms with Gasteiger partial charge in [0.2, 0.25) is 0 Å². The fraction of sp³-hybridized carbons (Fsp3) is 0.385. The maximum atomic E-state index is 13.3. The number of urea groups is 1. The summed E-state index contributed by atoms with van der Waals surface area (Å²) < 4.78 is 13.3. The van der Waals surface area contributed by atoms with Crippen LogP contribution in [-0.4, -0.2) is 30.2 Å². The minimum atomic E-state index is -0.723. The van der Waals surface area contributed by atoms with Crippen LogP contribution in [0.25, 0.3) is 0 Å². The van der Waals surface area contributed by atoms with Crippen LogP contribution in [0.4, 0.5) is 9.18 Å². The normalized spacial score (nSPS) is 16.1. The minimum Gasteiger partial charge on any atom is -0.350 e. The number of nitrogens with two attached hydrogens (primary N) is 1. The molecule has 0 atom stereocenters. The summed E-state index contributed by atoms with van der Waals surface area (Å²) in [5, 5.41) is 3.72. The van der Waals surface area contributed by atoms with Gasteiger partial charge in [-0.1, -0.05) is 6.07 Å². The van der Waals surface area contributed by atoms with E-state index >= 15 is 0 Å². The Morgan fingerprint density at radius 1 is 1.47 bits per heavy atom. The maximum Gasteiger partial charge on any atom is 0.332 e. The molecule has 0 spiro atoms. The summed E-state index contributed by atoms with van der Waals surface area (Å²) in [6, 6.07) is 3.80. The van der Waals surface area contributed by atoms with E-state index in [-0.39, 0.29) is 5.82 Å². The molecule has 1 aliphatic heterocycles. The van der Waals surface area contributed by atoms with Crippen molar-refractivity contribution in [2.75, 3.05) is 13.1 Å². The number of hydrazone groups is 1. The molecule has 2 rings (SSSR count). The van der Waals surface area contributed by atoms with Crippen molar-refractivity contribution >= 4 is 12.2 Å². The zero-order valence-electron chi connectivity index (χ0n) is 10.6. The first-order chi connectivity index (χ1) is 9.15. The van der Waals surface area contributed by atoms with Crippen molar-refractivity contribution in [3.05, 3.63) is 35.1 Å². The molecule has 1 heterocycles. The van der Waals surface area contributed by atoms with Crippen LogP contribution in [0.3, 0.4) is 0 Å². The van der Waals surface area contributed by atoms with Crippen LogP contribution in [0.1, 0.15) is 24.0 Å². The molecule has 1 aromatic carbocycles. The Hall–Kier alpha value is -1.95. The smallest absolute Gasteiger partial charge is 0.332 e. The predicted molar refractivity (Wildman–Crippen MR) is 71.2 cm³/mol. The molecule has 1 fully saturated rings. The van der Waals surface area contributed by atoms with Crippen molar-refractivity contribution in [1.82, 2.24) is 10.3 Å². The van der Waals surface area contributed by atoms with Crippen LogP contribution in [0, 0.1) is 5.82 Å². The van der Waals surface area contributed by atoms with Gasteiger partial charge in [-0.15, -0.1) is 0 Å². The number of carbonyl (C=O) groups excluding carboxylic acids is 1. The largest absolute Gasteiger partial charge is 0.350 e. The Labute approximate surface area is 111 Å². The number of carbonyl (C=O) groups is 1. The Morgan fingerprint density at radius 2 is 2.21 bits per heavy atom. The Kier molecular flexibility index (Phi) is 4.46. The van der Waals surface area contributed by atoms with Crippen molar-refractivity contribution in [3.8, 4) is 0 Å². The number of likely N-dealkylation sites (tertiary alicyclic amines) is 1. The number of hydrogen-bond acceptors (Lipinski definition) is 3. The van der Waals surface area contributed by atoms with Crippen molar-refractivity contribution in [2.24, 2.45) is 10.8 Å². The molecule has 0 saturated carbocycles. The van der Waals surface area contributed by atoms with Gasteiger partial charge in [0.15, 0.2) is 0 Å². The first-order valence-corrected chi connectivity index (χ1v) is 6.24. The second-order valence-electron chi connectivity index (χ2n) is 4.56. The Morgan fingerprint density at radius 3 is 2.89 bits per heavy atom. The average molecular weight is 264 g/mol. The molecule has 6 heteroatoms. The monoisotopic (exact) mass is 264 g/mol. The third-order valence-electron chi connectivity index (χ3n) is 3.08. The van der Waals surface area contributed by atoms with Crippen LogP contribution in [0.2, 0.25) is 0 Å².